The Bertz CT molecular complexity index is 1010. The zero-order chi connectivity index (χ0) is 23.6. The lowest BCUT2D eigenvalue weighted by atomic mass is 10.1. The van der Waals surface area contributed by atoms with E-state index in [-0.39, 0.29) is 17.7 Å². The van der Waals surface area contributed by atoms with Crippen LogP contribution in [0.3, 0.4) is 0 Å². The molecule has 0 spiro atoms. The molecule has 10 heteroatoms. The van der Waals surface area contributed by atoms with Gasteiger partial charge in [-0.15, -0.1) is 0 Å². The van der Waals surface area contributed by atoms with Gasteiger partial charge in [-0.05, 0) is 30.4 Å². The maximum Gasteiger partial charge on any atom is 0.414 e. The highest BCUT2D eigenvalue weighted by atomic mass is 19.3. The average molecular weight is 460 g/mol. The van der Waals surface area contributed by atoms with Crippen molar-refractivity contribution in [1.82, 2.24) is 15.2 Å². The molecule has 33 heavy (non-hydrogen) atoms. The summed E-state index contributed by atoms with van der Waals surface area (Å²) in [7, 11) is 3.18. The molecule has 2 heterocycles. The molecule has 8 nitrogen and oxygen atoms in total. The molecule has 1 unspecified atom stereocenters. The van der Waals surface area contributed by atoms with E-state index in [4.69, 9.17) is 9.47 Å². The van der Waals surface area contributed by atoms with Crippen LogP contribution in [0.1, 0.15) is 24.4 Å². The second-order valence-electron chi connectivity index (χ2n) is 8.55. The van der Waals surface area contributed by atoms with Gasteiger partial charge < -0.3 is 24.6 Å². The number of anilines is 1. The van der Waals surface area contributed by atoms with Crippen LogP contribution in [0.4, 0.5) is 19.3 Å². The number of hydrogen-bond donors (Lipinski definition) is 1. The van der Waals surface area contributed by atoms with Gasteiger partial charge in [-0.1, -0.05) is 30.3 Å². The summed E-state index contributed by atoms with van der Waals surface area (Å²) in [6.07, 6.45) is 1.23. The molecule has 2 fully saturated rings. The molecule has 1 atom stereocenters. The maximum atomic E-state index is 13.4. The van der Waals surface area contributed by atoms with Gasteiger partial charge in [0.1, 0.15) is 11.7 Å². The van der Waals surface area contributed by atoms with Crippen molar-refractivity contribution in [3.05, 3.63) is 48.0 Å². The Hall–Kier alpha value is -3.43. The van der Waals surface area contributed by atoms with Gasteiger partial charge in [0.2, 0.25) is 17.7 Å². The van der Waals surface area contributed by atoms with Gasteiger partial charge in [0.05, 0.1) is 19.7 Å². The zero-order valence-electron chi connectivity index (χ0n) is 18.5. The molecular weight excluding hydrogens is 434 g/mol. The van der Waals surface area contributed by atoms with Gasteiger partial charge in [-0.25, -0.2) is 13.6 Å². The summed E-state index contributed by atoms with van der Waals surface area (Å²) >= 11 is 0. The quantitative estimate of drug-likeness (QED) is 0.651. The highest BCUT2D eigenvalue weighted by Gasteiger charge is 2.45. The fraction of sp³-hybridized carbons (Fsp3) is 0.435. The van der Waals surface area contributed by atoms with Crippen LogP contribution in [-0.2, 0) is 4.79 Å². The van der Waals surface area contributed by atoms with Crippen LogP contribution in [0.2, 0.25) is 0 Å². The first kappa shape index (κ1) is 22.8. The maximum absolute atomic E-state index is 13.4. The van der Waals surface area contributed by atoms with Crippen molar-refractivity contribution in [2.75, 3.05) is 38.7 Å². The number of alkyl halides is 2. The van der Waals surface area contributed by atoms with E-state index in [9.17, 15) is 18.4 Å². The predicted molar refractivity (Wildman–Crippen MR) is 117 cm³/mol. The average Bonchev–Trinajstić information content (AvgIpc) is 3.59. The molecule has 2 aliphatic rings. The number of nitrogens with zero attached hydrogens (tertiary/aromatic N) is 3. The van der Waals surface area contributed by atoms with Crippen molar-refractivity contribution < 1.29 is 27.8 Å². The first-order valence-electron chi connectivity index (χ1n) is 10.7. The highest BCUT2D eigenvalue weighted by molar-refractivity contribution is 5.87. The largest absolute Gasteiger partial charge is 0.476 e. The van der Waals surface area contributed by atoms with Crippen molar-refractivity contribution >= 4 is 17.7 Å². The Morgan fingerprint density at radius 3 is 2.48 bits per heavy atom. The van der Waals surface area contributed by atoms with Crippen molar-refractivity contribution in [2.24, 2.45) is 5.92 Å². The Kier molecular flexibility index (Phi) is 6.35. The monoisotopic (exact) mass is 460 g/mol. The van der Waals surface area contributed by atoms with Crippen LogP contribution in [0.15, 0.2) is 42.5 Å². The molecule has 1 aromatic heterocycles. The van der Waals surface area contributed by atoms with E-state index < -0.39 is 31.1 Å². The van der Waals surface area contributed by atoms with Crippen LogP contribution < -0.4 is 19.7 Å². The summed E-state index contributed by atoms with van der Waals surface area (Å²) in [5.41, 5.74) is 1.03. The number of amides is 2. The van der Waals surface area contributed by atoms with Crippen molar-refractivity contribution in [3.63, 3.8) is 0 Å². The van der Waals surface area contributed by atoms with E-state index in [0.717, 1.165) is 12.8 Å². The van der Waals surface area contributed by atoms with E-state index >= 15 is 0 Å². The second kappa shape index (κ2) is 9.21. The first-order valence-corrected chi connectivity index (χ1v) is 10.7. The third kappa shape index (κ3) is 5.68. The SMILES string of the molecule is CN(C)C(=O)C(NC(=O)Oc1ccc(N2CC(F)(F)C2)c(OCC2CC2)n1)c1ccccc1. The van der Waals surface area contributed by atoms with Gasteiger partial charge in [-0.3, -0.25) is 4.79 Å². The number of hydrogen-bond acceptors (Lipinski definition) is 6. The molecule has 2 amide bonds. The third-order valence-electron chi connectivity index (χ3n) is 5.43. The van der Waals surface area contributed by atoms with Crippen LogP contribution in [0, 0.1) is 5.92 Å². The molecule has 4 rings (SSSR count). The normalized spacial score (nSPS) is 17.5. The number of carbonyl (C=O) groups is 2. The first-order chi connectivity index (χ1) is 15.7. The van der Waals surface area contributed by atoms with Crippen LogP contribution in [0.5, 0.6) is 11.8 Å². The number of carbonyl (C=O) groups excluding carboxylic acids is 2. The summed E-state index contributed by atoms with van der Waals surface area (Å²) in [4.78, 5) is 32.3. The minimum Gasteiger partial charge on any atom is -0.476 e. The van der Waals surface area contributed by atoms with Crippen LogP contribution in [0.25, 0.3) is 0 Å². The molecule has 1 aliphatic carbocycles. The third-order valence-corrected chi connectivity index (χ3v) is 5.43. The van der Waals surface area contributed by atoms with Crippen LogP contribution >= 0.6 is 0 Å². The molecule has 1 N–H and O–H groups in total. The molecular formula is C23H26F2N4O4. The number of benzene rings is 1. The smallest absolute Gasteiger partial charge is 0.414 e. The van der Waals surface area contributed by atoms with Gasteiger partial charge >= 0.3 is 6.09 Å². The van der Waals surface area contributed by atoms with E-state index in [1.165, 1.54) is 15.9 Å². The van der Waals surface area contributed by atoms with Gasteiger partial charge in [-0.2, -0.15) is 4.98 Å². The lowest BCUT2D eigenvalue weighted by Gasteiger charge is -2.40. The summed E-state index contributed by atoms with van der Waals surface area (Å²) < 4.78 is 37.8. The lowest BCUT2D eigenvalue weighted by Crippen LogP contribution is -2.56. The number of likely N-dealkylation sites (N-methyl/N-ethyl adjacent to an activating group) is 1. The highest BCUT2D eigenvalue weighted by Crippen LogP contribution is 2.38. The topological polar surface area (TPSA) is 84.0 Å². The molecule has 2 aromatic rings. The van der Waals surface area contributed by atoms with Crippen molar-refractivity contribution in [1.29, 1.82) is 0 Å². The fourth-order valence-electron chi connectivity index (χ4n) is 3.42. The Balaban J connectivity index is 1.48. The van der Waals surface area contributed by atoms with Gasteiger partial charge in [0, 0.05) is 20.2 Å². The van der Waals surface area contributed by atoms with E-state index in [0.29, 0.717) is 23.8 Å². The molecule has 1 saturated heterocycles. The summed E-state index contributed by atoms with van der Waals surface area (Å²) in [6, 6.07) is 10.8. The van der Waals surface area contributed by atoms with Gasteiger partial charge in [0.25, 0.3) is 5.92 Å². The summed E-state index contributed by atoms with van der Waals surface area (Å²) in [5.74, 6) is -2.55. The molecule has 1 saturated carbocycles. The number of rotatable bonds is 8. The summed E-state index contributed by atoms with van der Waals surface area (Å²) in [5, 5.41) is 2.57. The number of nitrogens with one attached hydrogen (secondary N) is 1. The zero-order valence-corrected chi connectivity index (χ0v) is 18.5. The molecule has 176 valence electrons. The minimum atomic E-state index is -2.74. The fourth-order valence-corrected chi connectivity index (χ4v) is 3.42. The van der Waals surface area contributed by atoms with Gasteiger partial charge in [0.15, 0.2) is 0 Å². The number of ether oxygens (including phenoxy) is 2. The second-order valence-corrected chi connectivity index (χ2v) is 8.55. The molecule has 0 bridgehead atoms. The summed E-state index contributed by atoms with van der Waals surface area (Å²) in [6.45, 7) is -0.408. The Morgan fingerprint density at radius 1 is 1.18 bits per heavy atom. The number of pyridine rings is 1. The van der Waals surface area contributed by atoms with E-state index in [1.807, 2.05) is 6.07 Å². The van der Waals surface area contributed by atoms with Crippen molar-refractivity contribution in [2.45, 2.75) is 24.8 Å². The molecule has 1 aromatic carbocycles. The Morgan fingerprint density at radius 2 is 1.88 bits per heavy atom. The van der Waals surface area contributed by atoms with E-state index in [1.54, 1.807) is 44.4 Å². The number of halogens is 2. The number of aromatic nitrogens is 1. The molecule has 0 radical (unpaired) electrons. The minimum absolute atomic E-state index is 0.0570. The van der Waals surface area contributed by atoms with Crippen LogP contribution in [-0.4, -0.2) is 61.6 Å². The van der Waals surface area contributed by atoms with Crippen molar-refractivity contribution in [3.8, 4) is 11.8 Å². The predicted octanol–water partition coefficient (Wildman–Crippen LogP) is 3.24. The van der Waals surface area contributed by atoms with E-state index in [2.05, 4.69) is 10.3 Å². The standard InChI is InChI=1S/C23H26F2N4O4/c1-28(2)21(30)19(16-6-4-3-5-7-16)27-22(31)33-18-11-10-17(29-13-23(24,25)14-29)20(26-18)32-12-15-8-9-15/h3-7,10-11,15,19H,8-9,12-14H2,1-2H3,(H,27,31). The Labute approximate surface area is 190 Å². The lowest BCUT2D eigenvalue weighted by molar-refractivity contribution is -0.130. The molecule has 1 aliphatic heterocycles.